The molecular formula is C18H28N2O3. The molecule has 0 aliphatic carbocycles. The number of carbonyl (C=O) groups excluding carboxylic acids is 2. The molecule has 2 amide bonds. The molecule has 0 aromatic heterocycles. The van der Waals surface area contributed by atoms with E-state index < -0.39 is 6.04 Å². The Bertz CT molecular complexity index is 514. The van der Waals surface area contributed by atoms with E-state index in [9.17, 15) is 9.59 Å². The highest BCUT2D eigenvalue weighted by molar-refractivity contribution is 5.87. The lowest BCUT2D eigenvalue weighted by molar-refractivity contribution is -0.140. The van der Waals surface area contributed by atoms with Gasteiger partial charge in [0.15, 0.2) is 0 Å². The Hall–Kier alpha value is -2.04. The zero-order valence-electron chi connectivity index (χ0n) is 14.8. The van der Waals surface area contributed by atoms with Gasteiger partial charge in [-0.1, -0.05) is 26.0 Å². The minimum Gasteiger partial charge on any atom is -0.497 e. The van der Waals surface area contributed by atoms with Gasteiger partial charge in [0, 0.05) is 19.0 Å². The summed E-state index contributed by atoms with van der Waals surface area (Å²) in [6, 6.07) is 7.13. The minimum absolute atomic E-state index is 0.0346. The number of hydrogen-bond acceptors (Lipinski definition) is 3. The molecule has 0 bridgehead atoms. The molecule has 2 atom stereocenters. The van der Waals surface area contributed by atoms with Crippen LogP contribution in [0.2, 0.25) is 0 Å². The number of amides is 2. The fourth-order valence-corrected chi connectivity index (χ4v) is 2.18. The Morgan fingerprint density at radius 1 is 1.17 bits per heavy atom. The Morgan fingerprint density at radius 3 is 2.26 bits per heavy atom. The summed E-state index contributed by atoms with van der Waals surface area (Å²) < 4.78 is 5.14. The number of ether oxygens (including phenoxy) is 1. The van der Waals surface area contributed by atoms with Crippen LogP contribution >= 0.6 is 0 Å². The van der Waals surface area contributed by atoms with Crippen LogP contribution in [0.5, 0.6) is 5.75 Å². The largest absolute Gasteiger partial charge is 0.497 e. The molecule has 1 aromatic carbocycles. The van der Waals surface area contributed by atoms with Gasteiger partial charge < -0.3 is 15.0 Å². The maximum absolute atomic E-state index is 12.3. The molecule has 0 aliphatic heterocycles. The van der Waals surface area contributed by atoms with Crippen LogP contribution in [0.1, 0.15) is 46.1 Å². The molecule has 0 saturated heterocycles. The first-order chi connectivity index (χ1) is 10.9. The lowest BCUT2D eigenvalue weighted by atomic mass is 10.1. The van der Waals surface area contributed by atoms with Crippen LogP contribution in [-0.2, 0) is 16.1 Å². The zero-order valence-corrected chi connectivity index (χ0v) is 14.8. The fraction of sp³-hybridized carbons (Fsp3) is 0.556. The van der Waals surface area contributed by atoms with Crippen molar-refractivity contribution in [3.8, 4) is 5.75 Å². The molecule has 0 fully saturated rings. The summed E-state index contributed by atoms with van der Waals surface area (Å²) in [5.41, 5.74) is 0.968. The number of nitrogens with one attached hydrogen (secondary N) is 1. The second-order valence-electron chi connectivity index (χ2n) is 5.72. The van der Waals surface area contributed by atoms with Gasteiger partial charge in [0.05, 0.1) is 7.11 Å². The van der Waals surface area contributed by atoms with Crippen molar-refractivity contribution in [2.75, 3.05) is 7.11 Å². The van der Waals surface area contributed by atoms with E-state index in [-0.39, 0.29) is 17.9 Å². The molecule has 5 nitrogen and oxygen atoms in total. The van der Waals surface area contributed by atoms with E-state index in [1.807, 2.05) is 45.0 Å². The van der Waals surface area contributed by atoms with Crippen molar-refractivity contribution < 1.29 is 14.3 Å². The third kappa shape index (κ3) is 5.58. The second kappa shape index (κ2) is 9.18. The maximum atomic E-state index is 12.3. The van der Waals surface area contributed by atoms with Crippen LogP contribution in [0.3, 0.4) is 0 Å². The highest BCUT2D eigenvalue weighted by atomic mass is 16.5. The van der Waals surface area contributed by atoms with Gasteiger partial charge in [-0.05, 0) is 38.0 Å². The van der Waals surface area contributed by atoms with Crippen LogP contribution in [0.15, 0.2) is 24.3 Å². The Labute approximate surface area is 139 Å². The molecular weight excluding hydrogens is 292 g/mol. The summed E-state index contributed by atoms with van der Waals surface area (Å²) in [5.74, 6) is 0.618. The summed E-state index contributed by atoms with van der Waals surface area (Å²) in [6.45, 7) is 7.96. The maximum Gasteiger partial charge on any atom is 0.242 e. The SMILES string of the molecule is CCC(=O)N(Cc1ccc(OC)cc1)[C@@H](C)C(=O)N[C@H](C)CC. The van der Waals surface area contributed by atoms with Crippen molar-refractivity contribution in [3.05, 3.63) is 29.8 Å². The summed E-state index contributed by atoms with van der Waals surface area (Å²) in [6.07, 6.45) is 1.23. The third-order valence-electron chi connectivity index (χ3n) is 3.98. The molecule has 0 saturated carbocycles. The van der Waals surface area contributed by atoms with E-state index in [0.29, 0.717) is 13.0 Å². The number of hydrogen-bond donors (Lipinski definition) is 1. The molecule has 1 N–H and O–H groups in total. The van der Waals surface area contributed by atoms with Crippen molar-refractivity contribution >= 4 is 11.8 Å². The third-order valence-corrected chi connectivity index (χ3v) is 3.98. The standard InChI is InChI=1S/C18H28N2O3/c1-6-13(3)19-18(22)14(4)20(17(21)7-2)12-15-8-10-16(23-5)11-9-15/h8-11,13-14H,6-7,12H2,1-5H3,(H,19,22)/t13-,14+/m1/s1. The summed E-state index contributed by atoms with van der Waals surface area (Å²) >= 11 is 0. The lowest BCUT2D eigenvalue weighted by Gasteiger charge is -2.29. The number of rotatable bonds is 8. The lowest BCUT2D eigenvalue weighted by Crippen LogP contribution is -2.49. The molecule has 0 heterocycles. The smallest absolute Gasteiger partial charge is 0.242 e. The molecule has 0 unspecified atom stereocenters. The van der Waals surface area contributed by atoms with Gasteiger partial charge in [-0.15, -0.1) is 0 Å². The van der Waals surface area contributed by atoms with Gasteiger partial charge in [0.25, 0.3) is 0 Å². The van der Waals surface area contributed by atoms with Crippen molar-refractivity contribution in [2.24, 2.45) is 0 Å². The summed E-state index contributed by atoms with van der Waals surface area (Å²) in [7, 11) is 1.61. The number of benzene rings is 1. The molecule has 5 heteroatoms. The quantitative estimate of drug-likeness (QED) is 0.801. The van der Waals surface area contributed by atoms with E-state index in [1.54, 1.807) is 18.9 Å². The van der Waals surface area contributed by atoms with Crippen LogP contribution in [-0.4, -0.2) is 35.9 Å². The van der Waals surface area contributed by atoms with Crippen LogP contribution in [0.4, 0.5) is 0 Å². The Balaban J connectivity index is 2.86. The summed E-state index contributed by atoms with van der Waals surface area (Å²) in [5, 5.41) is 2.94. The predicted molar refractivity (Wildman–Crippen MR) is 91.2 cm³/mol. The van der Waals surface area contributed by atoms with Gasteiger partial charge in [0.2, 0.25) is 11.8 Å². The number of methoxy groups -OCH3 is 1. The van der Waals surface area contributed by atoms with Crippen LogP contribution < -0.4 is 10.1 Å². The highest BCUT2D eigenvalue weighted by Gasteiger charge is 2.25. The predicted octanol–water partition coefficient (Wildman–Crippen LogP) is 2.74. The monoisotopic (exact) mass is 320 g/mol. The first kappa shape index (κ1) is 19.0. The first-order valence-electron chi connectivity index (χ1n) is 8.15. The van der Waals surface area contributed by atoms with Crippen molar-refractivity contribution in [1.29, 1.82) is 0 Å². The first-order valence-corrected chi connectivity index (χ1v) is 8.15. The van der Waals surface area contributed by atoms with E-state index in [1.165, 1.54) is 0 Å². The zero-order chi connectivity index (χ0) is 17.4. The highest BCUT2D eigenvalue weighted by Crippen LogP contribution is 2.15. The Kier molecular flexibility index (Phi) is 7.59. The van der Waals surface area contributed by atoms with E-state index in [4.69, 9.17) is 4.74 Å². The van der Waals surface area contributed by atoms with Gasteiger partial charge >= 0.3 is 0 Å². The average Bonchev–Trinajstić information content (AvgIpc) is 2.58. The van der Waals surface area contributed by atoms with Gasteiger partial charge in [-0.3, -0.25) is 9.59 Å². The van der Waals surface area contributed by atoms with Crippen molar-refractivity contribution in [3.63, 3.8) is 0 Å². The molecule has 0 spiro atoms. The molecule has 0 radical (unpaired) electrons. The van der Waals surface area contributed by atoms with Crippen molar-refractivity contribution in [1.82, 2.24) is 10.2 Å². The van der Waals surface area contributed by atoms with Crippen LogP contribution in [0, 0.1) is 0 Å². The van der Waals surface area contributed by atoms with E-state index >= 15 is 0 Å². The van der Waals surface area contributed by atoms with Crippen molar-refractivity contribution in [2.45, 2.75) is 59.2 Å². The molecule has 1 aromatic rings. The van der Waals surface area contributed by atoms with Gasteiger partial charge in [0.1, 0.15) is 11.8 Å². The molecule has 1 rings (SSSR count). The van der Waals surface area contributed by atoms with E-state index in [2.05, 4.69) is 5.32 Å². The number of nitrogens with zero attached hydrogens (tertiary/aromatic N) is 1. The molecule has 23 heavy (non-hydrogen) atoms. The number of carbonyl (C=O) groups is 2. The van der Waals surface area contributed by atoms with E-state index in [0.717, 1.165) is 17.7 Å². The Morgan fingerprint density at radius 2 is 1.78 bits per heavy atom. The van der Waals surface area contributed by atoms with Gasteiger partial charge in [-0.2, -0.15) is 0 Å². The molecule has 128 valence electrons. The fourth-order valence-electron chi connectivity index (χ4n) is 2.18. The average molecular weight is 320 g/mol. The second-order valence-corrected chi connectivity index (χ2v) is 5.72. The van der Waals surface area contributed by atoms with Crippen LogP contribution in [0.25, 0.3) is 0 Å². The van der Waals surface area contributed by atoms with Gasteiger partial charge in [-0.25, -0.2) is 0 Å². The minimum atomic E-state index is -0.501. The topological polar surface area (TPSA) is 58.6 Å². The molecule has 0 aliphatic rings. The summed E-state index contributed by atoms with van der Waals surface area (Å²) in [4.78, 5) is 26.2. The normalized spacial score (nSPS) is 13.1.